The number of hydrogen-bond acceptors (Lipinski definition) is 1. The van der Waals surface area contributed by atoms with E-state index >= 15 is 0 Å². The third-order valence-corrected chi connectivity index (χ3v) is 3.04. The lowest BCUT2D eigenvalue weighted by molar-refractivity contribution is 0.492. The highest BCUT2D eigenvalue weighted by Crippen LogP contribution is 2.32. The van der Waals surface area contributed by atoms with E-state index in [0.29, 0.717) is 6.04 Å². The van der Waals surface area contributed by atoms with Crippen molar-refractivity contribution in [3.63, 3.8) is 0 Å². The van der Waals surface area contributed by atoms with Crippen molar-refractivity contribution in [3.8, 4) is 0 Å². The maximum absolute atomic E-state index is 6.09. The molecule has 2 rings (SSSR count). The molecular weight excluding hydrogens is 160 g/mol. The van der Waals surface area contributed by atoms with Crippen LogP contribution in [0.2, 0.25) is 0 Å². The van der Waals surface area contributed by atoms with Gasteiger partial charge in [-0.05, 0) is 44.7 Å². The lowest BCUT2D eigenvalue weighted by atomic mass is 10.2. The Bertz CT molecular complexity index is 278. The SMILES string of the molecule is Cc1ccc(C)n1CC(N)C1CC1. The Morgan fingerprint density at radius 3 is 2.38 bits per heavy atom. The zero-order valence-electron chi connectivity index (χ0n) is 8.46. The van der Waals surface area contributed by atoms with E-state index in [1.807, 2.05) is 0 Å². The molecule has 1 atom stereocenters. The van der Waals surface area contributed by atoms with Crippen molar-refractivity contribution in [2.45, 2.75) is 39.3 Å². The molecule has 0 aliphatic heterocycles. The molecular formula is C11H18N2. The second-order valence-corrected chi connectivity index (χ2v) is 4.23. The van der Waals surface area contributed by atoms with E-state index in [2.05, 4.69) is 30.5 Å². The molecule has 0 amide bonds. The van der Waals surface area contributed by atoms with Crippen molar-refractivity contribution < 1.29 is 0 Å². The first kappa shape index (κ1) is 8.82. The number of rotatable bonds is 3. The maximum atomic E-state index is 6.09. The molecule has 0 radical (unpaired) electrons. The van der Waals surface area contributed by atoms with Crippen molar-refractivity contribution in [3.05, 3.63) is 23.5 Å². The molecule has 1 unspecified atom stereocenters. The second-order valence-electron chi connectivity index (χ2n) is 4.23. The van der Waals surface area contributed by atoms with Gasteiger partial charge in [-0.1, -0.05) is 0 Å². The fraction of sp³-hybridized carbons (Fsp3) is 0.636. The van der Waals surface area contributed by atoms with Crippen LogP contribution in [0, 0.1) is 19.8 Å². The van der Waals surface area contributed by atoms with Crippen molar-refractivity contribution in [2.24, 2.45) is 11.7 Å². The summed E-state index contributed by atoms with van der Waals surface area (Å²) in [6.45, 7) is 5.29. The Hall–Kier alpha value is -0.760. The van der Waals surface area contributed by atoms with E-state index in [1.54, 1.807) is 0 Å². The first-order valence-electron chi connectivity index (χ1n) is 5.07. The van der Waals surface area contributed by atoms with Gasteiger partial charge >= 0.3 is 0 Å². The number of hydrogen-bond donors (Lipinski definition) is 1. The van der Waals surface area contributed by atoms with E-state index in [-0.39, 0.29) is 0 Å². The van der Waals surface area contributed by atoms with Crippen molar-refractivity contribution in [2.75, 3.05) is 0 Å². The first-order valence-corrected chi connectivity index (χ1v) is 5.07. The van der Waals surface area contributed by atoms with Crippen LogP contribution < -0.4 is 5.73 Å². The molecule has 72 valence electrons. The summed E-state index contributed by atoms with van der Waals surface area (Å²) in [5.74, 6) is 0.793. The van der Waals surface area contributed by atoms with Gasteiger partial charge in [-0.15, -0.1) is 0 Å². The van der Waals surface area contributed by atoms with Crippen molar-refractivity contribution >= 4 is 0 Å². The van der Waals surface area contributed by atoms with Gasteiger partial charge < -0.3 is 10.3 Å². The van der Waals surface area contributed by atoms with Crippen LogP contribution in [-0.4, -0.2) is 10.6 Å². The molecule has 1 aliphatic rings. The van der Waals surface area contributed by atoms with E-state index < -0.39 is 0 Å². The molecule has 2 nitrogen and oxygen atoms in total. The summed E-state index contributed by atoms with van der Waals surface area (Å²) in [5, 5.41) is 0. The van der Waals surface area contributed by atoms with Crippen LogP contribution in [0.4, 0.5) is 0 Å². The van der Waals surface area contributed by atoms with Crippen LogP contribution in [0.1, 0.15) is 24.2 Å². The molecule has 0 aromatic carbocycles. The van der Waals surface area contributed by atoms with Crippen LogP contribution in [-0.2, 0) is 6.54 Å². The third kappa shape index (κ3) is 1.78. The van der Waals surface area contributed by atoms with E-state index in [9.17, 15) is 0 Å². The number of aromatic nitrogens is 1. The van der Waals surface area contributed by atoms with Crippen LogP contribution in [0.15, 0.2) is 12.1 Å². The molecule has 2 heteroatoms. The van der Waals surface area contributed by atoms with Crippen LogP contribution in [0.5, 0.6) is 0 Å². The molecule has 0 saturated heterocycles. The molecule has 13 heavy (non-hydrogen) atoms. The molecule has 1 aromatic rings. The summed E-state index contributed by atoms with van der Waals surface area (Å²) < 4.78 is 2.32. The zero-order chi connectivity index (χ0) is 9.42. The highest BCUT2D eigenvalue weighted by molar-refractivity contribution is 5.14. The van der Waals surface area contributed by atoms with E-state index in [4.69, 9.17) is 5.73 Å². The molecule has 0 bridgehead atoms. The zero-order valence-corrected chi connectivity index (χ0v) is 8.46. The second kappa shape index (κ2) is 3.18. The van der Waals surface area contributed by atoms with Crippen LogP contribution >= 0.6 is 0 Å². The molecule has 1 fully saturated rings. The summed E-state index contributed by atoms with van der Waals surface area (Å²) >= 11 is 0. The van der Waals surface area contributed by atoms with Gasteiger partial charge in [0.1, 0.15) is 0 Å². The van der Waals surface area contributed by atoms with Gasteiger partial charge in [-0.3, -0.25) is 0 Å². The topological polar surface area (TPSA) is 30.9 Å². The van der Waals surface area contributed by atoms with Crippen molar-refractivity contribution in [1.82, 2.24) is 4.57 Å². The minimum atomic E-state index is 0.366. The van der Waals surface area contributed by atoms with Gasteiger partial charge in [0.05, 0.1) is 0 Å². The fourth-order valence-corrected chi connectivity index (χ4v) is 1.87. The Morgan fingerprint density at radius 1 is 1.38 bits per heavy atom. The summed E-state index contributed by atoms with van der Waals surface area (Å²) in [5.41, 5.74) is 8.74. The van der Waals surface area contributed by atoms with Crippen molar-refractivity contribution in [1.29, 1.82) is 0 Å². The number of aryl methyl sites for hydroxylation is 2. The highest BCUT2D eigenvalue weighted by Gasteiger charge is 2.28. The van der Waals surface area contributed by atoms with Gasteiger partial charge in [-0.2, -0.15) is 0 Å². The number of nitrogens with zero attached hydrogens (tertiary/aromatic N) is 1. The van der Waals surface area contributed by atoms with Gasteiger partial charge in [0.15, 0.2) is 0 Å². The average Bonchev–Trinajstić information content (AvgIpc) is 2.88. The lowest BCUT2D eigenvalue weighted by Gasteiger charge is -2.15. The Labute approximate surface area is 79.7 Å². The average molecular weight is 178 g/mol. The standard InChI is InChI=1S/C11H18N2/c1-8-3-4-9(2)13(8)7-11(12)10-5-6-10/h3-4,10-11H,5-7,12H2,1-2H3. The summed E-state index contributed by atoms with van der Waals surface area (Å²) in [6.07, 6.45) is 2.67. The molecule has 2 N–H and O–H groups in total. The summed E-state index contributed by atoms with van der Waals surface area (Å²) in [6, 6.07) is 4.69. The molecule has 0 spiro atoms. The number of nitrogens with two attached hydrogens (primary N) is 1. The maximum Gasteiger partial charge on any atom is 0.0379 e. The minimum absolute atomic E-state index is 0.366. The molecule has 1 aromatic heterocycles. The quantitative estimate of drug-likeness (QED) is 0.752. The summed E-state index contributed by atoms with van der Waals surface area (Å²) in [4.78, 5) is 0. The predicted octanol–water partition coefficient (Wildman–Crippen LogP) is 1.84. The van der Waals surface area contributed by atoms with Gasteiger partial charge in [0.2, 0.25) is 0 Å². The van der Waals surface area contributed by atoms with Crippen LogP contribution in [0.3, 0.4) is 0 Å². The fourth-order valence-electron chi connectivity index (χ4n) is 1.87. The largest absolute Gasteiger partial charge is 0.348 e. The van der Waals surface area contributed by atoms with Gasteiger partial charge in [-0.25, -0.2) is 0 Å². The smallest absolute Gasteiger partial charge is 0.0379 e. The highest BCUT2D eigenvalue weighted by atomic mass is 15.0. The summed E-state index contributed by atoms with van der Waals surface area (Å²) in [7, 11) is 0. The monoisotopic (exact) mass is 178 g/mol. The van der Waals surface area contributed by atoms with E-state index in [1.165, 1.54) is 24.2 Å². The van der Waals surface area contributed by atoms with Gasteiger partial charge in [0.25, 0.3) is 0 Å². The normalized spacial score (nSPS) is 19.0. The predicted molar refractivity (Wildman–Crippen MR) is 54.6 cm³/mol. The minimum Gasteiger partial charge on any atom is -0.348 e. The molecule has 1 heterocycles. The Morgan fingerprint density at radius 2 is 1.92 bits per heavy atom. The molecule has 1 aliphatic carbocycles. The van der Waals surface area contributed by atoms with Crippen LogP contribution in [0.25, 0.3) is 0 Å². The molecule has 1 saturated carbocycles. The Balaban J connectivity index is 2.07. The van der Waals surface area contributed by atoms with Gasteiger partial charge in [0, 0.05) is 24.0 Å². The van der Waals surface area contributed by atoms with E-state index in [0.717, 1.165) is 12.5 Å². The third-order valence-electron chi connectivity index (χ3n) is 3.04. The lowest BCUT2D eigenvalue weighted by Crippen LogP contribution is -2.29. The first-order chi connectivity index (χ1) is 6.18. The Kier molecular flexibility index (Phi) is 2.16.